The fourth-order valence-corrected chi connectivity index (χ4v) is 4.18. The first-order valence-corrected chi connectivity index (χ1v) is 8.04. The molecule has 0 atom stereocenters. The Morgan fingerprint density at radius 3 is 2.81 bits per heavy atom. The summed E-state index contributed by atoms with van der Waals surface area (Å²) in [7, 11) is 0. The normalized spacial score (nSPS) is 14.0. The van der Waals surface area contributed by atoms with Gasteiger partial charge in [0.15, 0.2) is 5.69 Å². The van der Waals surface area contributed by atoms with Crippen molar-refractivity contribution in [1.29, 1.82) is 0 Å². The van der Waals surface area contributed by atoms with Gasteiger partial charge in [0.25, 0.3) is 0 Å². The topological polar surface area (TPSA) is 71.2 Å². The molecule has 0 unspecified atom stereocenters. The third-order valence-electron chi connectivity index (χ3n) is 3.69. The Hall–Kier alpha value is -1.82. The summed E-state index contributed by atoms with van der Waals surface area (Å²) < 4.78 is 5.08. The maximum atomic E-state index is 12.1. The van der Waals surface area contributed by atoms with Crippen LogP contribution in [0.2, 0.25) is 0 Å². The number of anilines is 1. The van der Waals surface area contributed by atoms with Crippen molar-refractivity contribution in [3.8, 4) is 0 Å². The van der Waals surface area contributed by atoms with Gasteiger partial charge in [0.2, 0.25) is 5.91 Å². The van der Waals surface area contributed by atoms with Gasteiger partial charge in [-0.15, -0.1) is 11.3 Å². The Morgan fingerprint density at radius 1 is 1.33 bits per heavy atom. The maximum absolute atomic E-state index is 12.1. The first kappa shape index (κ1) is 14.1. The van der Waals surface area contributed by atoms with Gasteiger partial charge < -0.3 is 15.0 Å². The van der Waals surface area contributed by atoms with Gasteiger partial charge in [-0.25, -0.2) is 4.79 Å². The van der Waals surface area contributed by atoms with Crippen molar-refractivity contribution in [2.75, 3.05) is 11.9 Å². The number of thiophene rings is 1. The number of aromatic nitrogens is 1. The highest BCUT2D eigenvalue weighted by Gasteiger charge is 2.26. The van der Waals surface area contributed by atoms with E-state index in [1.165, 1.54) is 23.8 Å². The van der Waals surface area contributed by atoms with E-state index in [2.05, 4.69) is 10.3 Å². The van der Waals surface area contributed by atoms with Crippen LogP contribution in [0.5, 0.6) is 0 Å². The second kappa shape index (κ2) is 5.52. The number of carbonyl (C=O) groups excluding carboxylic acids is 2. The van der Waals surface area contributed by atoms with E-state index in [1.54, 1.807) is 18.3 Å². The molecule has 5 nitrogen and oxygen atoms in total. The second-order valence-electron chi connectivity index (χ2n) is 5.19. The number of hydrogen-bond donors (Lipinski definition) is 2. The van der Waals surface area contributed by atoms with Gasteiger partial charge in [-0.2, -0.15) is 0 Å². The molecule has 0 saturated heterocycles. The predicted molar refractivity (Wildman–Crippen MR) is 83.1 cm³/mol. The average molecular weight is 306 g/mol. The van der Waals surface area contributed by atoms with Gasteiger partial charge in [-0.05, 0) is 38.2 Å². The standard InChI is InChI=1S/C15H18N2O3S/c1-3-20-15(19)13-12(16-8(2)18)11-9-6-4-5-7-10(9)21-14(11)17-13/h17H,3-7H2,1-2H3,(H,16,18). The zero-order chi connectivity index (χ0) is 15.0. The molecule has 0 radical (unpaired) electrons. The van der Waals surface area contributed by atoms with E-state index in [0.29, 0.717) is 18.0 Å². The molecule has 0 aromatic carbocycles. The molecule has 0 bridgehead atoms. The number of fused-ring (bicyclic) bond motifs is 3. The number of aryl methyl sites for hydroxylation is 2. The SMILES string of the molecule is CCOC(=O)c1[nH]c2sc3c(c2c1NC(C)=O)CCCC3. The lowest BCUT2D eigenvalue weighted by atomic mass is 9.96. The summed E-state index contributed by atoms with van der Waals surface area (Å²) in [5.74, 6) is -0.605. The lowest BCUT2D eigenvalue weighted by molar-refractivity contribution is -0.114. The number of esters is 1. The quantitative estimate of drug-likeness (QED) is 0.855. The van der Waals surface area contributed by atoms with Crippen LogP contribution in [-0.4, -0.2) is 23.5 Å². The van der Waals surface area contributed by atoms with Crippen LogP contribution in [0.4, 0.5) is 5.69 Å². The smallest absolute Gasteiger partial charge is 0.356 e. The monoisotopic (exact) mass is 306 g/mol. The van der Waals surface area contributed by atoms with Crippen molar-refractivity contribution < 1.29 is 14.3 Å². The number of nitrogens with one attached hydrogen (secondary N) is 2. The minimum absolute atomic E-state index is 0.183. The molecule has 0 saturated carbocycles. The number of carbonyl (C=O) groups is 2. The molecule has 6 heteroatoms. The summed E-state index contributed by atoms with van der Waals surface area (Å²) in [6.45, 7) is 3.53. The van der Waals surface area contributed by atoms with Crippen LogP contribution in [0, 0.1) is 0 Å². The fourth-order valence-electron chi connectivity index (χ4n) is 2.88. The first-order chi connectivity index (χ1) is 10.1. The van der Waals surface area contributed by atoms with E-state index >= 15 is 0 Å². The summed E-state index contributed by atoms with van der Waals surface area (Å²) >= 11 is 1.68. The Bertz CT molecular complexity index is 714. The predicted octanol–water partition coefficient (Wildman–Crippen LogP) is 3.24. The summed E-state index contributed by atoms with van der Waals surface area (Å²) in [6, 6.07) is 0. The molecule has 1 aliphatic carbocycles. The van der Waals surface area contributed by atoms with Crippen molar-refractivity contribution in [1.82, 2.24) is 4.98 Å². The lowest BCUT2D eigenvalue weighted by Gasteiger charge is -2.12. The summed E-state index contributed by atoms with van der Waals surface area (Å²) in [6.07, 6.45) is 4.44. The van der Waals surface area contributed by atoms with Crippen LogP contribution in [0.1, 0.15) is 47.6 Å². The van der Waals surface area contributed by atoms with Gasteiger partial charge in [0.1, 0.15) is 4.83 Å². The molecule has 0 fully saturated rings. The van der Waals surface area contributed by atoms with Gasteiger partial charge in [-0.1, -0.05) is 0 Å². The third-order valence-corrected chi connectivity index (χ3v) is 4.90. The number of amides is 1. The van der Waals surface area contributed by atoms with E-state index < -0.39 is 5.97 Å². The van der Waals surface area contributed by atoms with Crippen LogP contribution in [0.3, 0.4) is 0 Å². The molecule has 3 rings (SSSR count). The third kappa shape index (κ3) is 2.44. The van der Waals surface area contributed by atoms with Gasteiger partial charge in [-0.3, -0.25) is 4.79 Å². The molecule has 2 heterocycles. The molecular formula is C15H18N2O3S. The largest absolute Gasteiger partial charge is 0.461 e. The minimum atomic E-state index is -0.422. The molecule has 112 valence electrons. The highest BCUT2D eigenvalue weighted by atomic mass is 32.1. The molecule has 2 aromatic heterocycles. The summed E-state index contributed by atoms with van der Waals surface area (Å²) in [5.41, 5.74) is 2.20. The number of aromatic amines is 1. The summed E-state index contributed by atoms with van der Waals surface area (Å²) in [4.78, 5) is 29.0. The van der Waals surface area contributed by atoms with Crippen molar-refractivity contribution in [3.05, 3.63) is 16.1 Å². The molecular weight excluding hydrogens is 288 g/mol. The van der Waals surface area contributed by atoms with Crippen molar-refractivity contribution >= 4 is 39.1 Å². The zero-order valence-corrected chi connectivity index (χ0v) is 13.0. The molecule has 0 aliphatic heterocycles. The van der Waals surface area contributed by atoms with Crippen LogP contribution in [0.25, 0.3) is 10.2 Å². The summed E-state index contributed by atoms with van der Waals surface area (Å²) in [5, 5.41) is 3.80. The number of rotatable bonds is 3. The highest BCUT2D eigenvalue weighted by Crippen LogP contribution is 2.41. The Balaban J connectivity index is 2.17. The van der Waals surface area contributed by atoms with E-state index in [9.17, 15) is 9.59 Å². The van der Waals surface area contributed by atoms with Crippen molar-refractivity contribution in [2.24, 2.45) is 0 Å². The Morgan fingerprint density at radius 2 is 2.10 bits per heavy atom. The number of ether oxygens (including phenoxy) is 1. The Labute approximate surface area is 126 Å². The van der Waals surface area contributed by atoms with Crippen LogP contribution < -0.4 is 5.32 Å². The highest BCUT2D eigenvalue weighted by molar-refractivity contribution is 7.19. The second-order valence-corrected chi connectivity index (χ2v) is 6.30. The molecule has 2 N–H and O–H groups in total. The Kier molecular flexibility index (Phi) is 3.71. The van der Waals surface area contributed by atoms with Crippen molar-refractivity contribution in [3.63, 3.8) is 0 Å². The lowest BCUT2D eigenvalue weighted by Crippen LogP contribution is -2.13. The van der Waals surface area contributed by atoms with E-state index in [0.717, 1.165) is 29.5 Å². The van der Waals surface area contributed by atoms with Gasteiger partial charge >= 0.3 is 5.97 Å². The number of H-pyrrole nitrogens is 1. The van der Waals surface area contributed by atoms with E-state index in [1.807, 2.05) is 0 Å². The van der Waals surface area contributed by atoms with Crippen molar-refractivity contribution in [2.45, 2.75) is 39.5 Å². The zero-order valence-electron chi connectivity index (χ0n) is 12.2. The molecule has 2 aromatic rings. The van der Waals surface area contributed by atoms with Crippen LogP contribution in [-0.2, 0) is 22.4 Å². The van der Waals surface area contributed by atoms with Gasteiger partial charge in [0, 0.05) is 17.2 Å². The molecule has 1 amide bonds. The first-order valence-electron chi connectivity index (χ1n) is 7.22. The average Bonchev–Trinajstić information content (AvgIpc) is 2.95. The van der Waals surface area contributed by atoms with E-state index in [-0.39, 0.29) is 5.91 Å². The minimum Gasteiger partial charge on any atom is -0.461 e. The number of hydrogen-bond acceptors (Lipinski definition) is 4. The van der Waals surface area contributed by atoms with Gasteiger partial charge in [0.05, 0.1) is 12.3 Å². The molecule has 0 spiro atoms. The fraction of sp³-hybridized carbons (Fsp3) is 0.467. The van der Waals surface area contributed by atoms with E-state index in [4.69, 9.17) is 4.74 Å². The molecule has 21 heavy (non-hydrogen) atoms. The van der Waals surface area contributed by atoms with Crippen LogP contribution in [0.15, 0.2) is 0 Å². The van der Waals surface area contributed by atoms with Crippen LogP contribution >= 0.6 is 11.3 Å². The molecule has 1 aliphatic rings. The maximum Gasteiger partial charge on any atom is 0.356 e.